The number of carbonyl (C=O) groups is 1. The summed E-state index contributed by atoms with van der Waals surface area (Å²) in [5.74, 6) is -0.378. The molecule has 2 aliphatic heterocycles. The van der Waals surface area contributed by atoms with E-state index in [0.29, 0.717) is 66.3 Å². The third-order valence-corrected chi connectivity index (χ3v) is 6.21. The van der Waals surface area contributed by atoms with Gasteiger partial charge in [0.2, 0.25) is 0 Å². The minimum atomic E-state index is -0.489. The summed E-state index contributed by atoms with van der Waals surface area (Å²) in [5.41, 5.74) is 2.48. The Balaban J connectivity index is 1.37. The fraction of sp³-hybridized carbons (Fsp3) is 0.409. The van der Waals surface area contributed by atoms with Crippen LogP contribution in [-0.4, -0.2) is 76.3 Å². The molecular formula is C22H25FN6O2S2. The molecule has 0 spiro atoms. The van der Waals surface area contributed by atoms with Crippen LogP contribution in [0.4, 0.5) is 20.6 Å². The summed E-state index contributed by atoms with van der Waals surface area (Å²) in [6.45, 7) is 6.96. The third-order valence-electron chi connectivity index (χ3n) is 5.60. The van der Waals surface area contributed by atoms with Crippen LogP contribution in [0.5, 0.6) is 0 Å². The molecule has 33 heavy (non-hydrogen) atoms. The molecule has 1 N–H and O–H groups in total. The third kappa shape index (κ3) is 5.36. The zero-order chi connectivity index (χ0) is 23.5. The Hall–Kier alpha value is -2.92. The first-order chi connectivity index (χ1) is 15.8. The Morgan fingerprint density at radius 3 is 2.61 bits per heavy atom. The van der Waals surface area contributed by atoms with E-state index >= 15 is 4.39 Å². The van der Waals surface area contributed by atoms with Gasteiger partial charge in [-0.15, -0.1) is 0 Å². The molecule has 8 nitrogen and oxygen atoms in total. The molecule has 2 fully saturated rings. The van der Waals surface area contributed by atoms with Crippen molar-refractivity contribution in [3.8, 4) is 0 Å². The number of ether oxygens (including phenoxy) is 1. The molecule has 2 aromatic rings. The largest absolute Gasteiger partial charge is 0.442 e. The zero-order valence-electron chi connectivity index (χ0n) is 18.5. The lowest BCUT2D eigenvalue weighted by molar-refractivity contribution is 0.143. The number of anilines is 2. The highest BCUT2D eigenvalue weighted by Crippen LogP contribution is 2.28. The van der Waals surface area contributed by atoms with Gasteiger partial charge in [-0.1, -0.05) is 24.4 Å². The molecule has 0 aliphatic carbocycles. The van der Waals surface area contributed by atoms with Gasteiger partial charge in [0.25, 0.3) is 0 Å². The summed E-state index contributed by atoms with van der Waals surface area (Å²) in [7, 11) is 0. The van der Waals surface area contributed by atoms with Crippen molar-refractivity contribution in [1.29, 1.82) is 0 Å². The molecule has 1 atom stereocenters. The van der Waals surface area contributed by atoms with Crippen LogP contribution < -0.4 is 15.1 Å². The second-order valence-corrected chi connectivity index (χ2v) is 9.01. The molecule has 0 radical (unpaired) electrons. The minimum absolute atomic E-state index is 0.339. The Kier molecular flexibility index (Phi) is 6.99. The van der Waals surface area contributed by atoms with Crippen LogP contribution in [0.1, 0.15) is 18.3 Å². The van der Waals surface area contributed by atoms with Crippen LogP contribution in [0.2, 0.25) is 0 Å². The topological polar surface area (TPSA) is 73.8 Å². The molecule has 2 saturated heterocycles. The van der Waals surface area contributed by atoms with Crippen molar-refractivity contribution in [1.82, 2.24) is 20.2 Å². The molecule has 3 heterocycles. The lowest BCUT2D eigenvalue weighted by Gasteiger charge is -2.37. The van der Waals surface area contributed by atoms with Gasteiger partial charge in [0.15, 0.2) is 0 Å². The quantitative estimate of drug-likeness (QED) is 0.640. The van der Waals surface area contributed by atoms with E-state index < -0.39 is 6.09 Å². The minimum Gasteiger partial charge on any atom is -0.442 e. The van der Waals surface area contributed by atoms with Crippen molar-refractivity contribution in [2.45, 2.75) is 20.0 Å². The van der Waals surface area contributed by atoms with Crippen LogP contribution in [0, 0.1) is 12.7 Å². The summed E-state index contributed by atoms with van der Waals surface area (Å²) < 4.78 is 20.4. The molecule has 1 amide bonds. The number of rotatable bonds is 5. The average Bonchev–Trinajstić information content (AvgIpc) is 3.18. The van der Waals surface area contributed by atoms with E-state index in [4.69, 9.17) is 29.2 Å². The van der Waals surface area contributed by atoms with Crippen LogP contribution in [0.3, 0.4) is 0 Å². The number of nitrogens with zero attached hydrogens (tertiary/aromatic N) is 5. The fourth-order valence-corrected chi connectivity index (χ4v) is 4.20. The lowest BCUT2D eigenvalue weighted by atomic mass is 10.2. The number of carbonyl (C=O) groups excluding carboxylic acids is 1. The predicted octanol–water partition coefficient (Wildman–Crippen LogP) is 2.68. The van der Waals surface area contributed by atoms with Gasteiger partial charge in [0.05, 0.1) is 41.3 Å². The highest BCUT2D eigenvalue weighted by atomic mass is 32.1. The summed E-state index contributed by atoms with van der Waals surface area (Å²) in [5, 5.41) is 2.99. The molecule has 2 aliphatic rings. The first-order valence-corrected chi connectivity index (χ1v) is 11.5. The van der Waals surface area contributed by atoms with Gasteiger partial charge in [-0.2, -0.15) is 0 Å². The van der Waals surface area contributed by atoms with Crippen LogP contribution >= 0.6 is 24.4 Å². The molecule has 0 saturated carbocycles. The van der Waals surface area contributed by atoms with E-state index in [2.05, 4.69) is 20.2 Å². The summed E-state index contributed by atoms with van der Waals surface area (Å²) in [6.07, 6.45) is 2.55. The molecule has 174 valence electrons. The lowest BCUT2D eigenvalue weighted by Crippen LogP contribution is -2.49. The number of nitrogens with one attached hydrogen (secondary N) is 1. The number of halogens is 1. The van der Waals surface area contributed by atoms with E-state index in [1.165, 1.54) is 11.0 Å². The van der Waals surface area contributed by atoms with Crippen LogP contribution in [-0.2, 0) is 4.74 Å². The Morgan fingerprint density at radius 2 is 1.97 bits per heavy atom. The molecule has 0 unspecified atom stereocenters. The van der Waals surface area contributed by atoms with Gasteiger partial charge < -0.3 is 19.9 Å². The van der Waals surface area contributed by atoms with Crippen molar-refractivity contribution in [2.75, 3.05) is 49.1 Å². The van der Waals surface area contributed by atoms with Crippen molar-refractivity contribution < 1.29 is 13.9 Å². The maximum Gasteiger partial charge on any atom is 0.414 e. The maximum absolute atomic E-state index is 15.0. The number of hydrogen-bond donors (Lipinski definition) is 1. The normalized spacial score (nSPS) is 18.3. The van der Waals surface area contributed by atoms with Gasteiger partial charge in [-0.25, -0.2) is 9.18 Å². The number of amides is 1. The average molecular weight is 489 g/mol. The summed E-state index contributed by atoms with van der Waals surface area (Å²) >= 11 is 10.6. The summed E-state index contributed by atoms with van der Waals surface area (Å²) in [4.78, 5) is 27.6. The maximum atomic E-state index is 15.0. The number of aromatic nitrogens is 2. The number of hydrogen-bond acceptors (Lipinski definition) is 7. The van der Waals surface area contributed by atoms with E-state index in [-0.39, 0.29) is 11.9 Å². The van der Waals surface area contributed by atoms with Crippen LogP contribution in [0.15, 0.2) is 30.6 Å². The number of thiocarbonyl (C=S) groups is 2. The van der Waals surface area contributed by atoms with E-state index in [0.717, 1.165) is 5.69 Å². The van der Waals surface area contributed by atoms with E-state index in [1.54, 1.807) is 31.5 Å². The first-order valence-electron chi connectivity index (χ1n) is 10.7. The molecule has 0 bridgehead atoms. The highest BCUT2D eigenvalue weighted by molar-refractivity contribution is 7.80. The van der Waals surface area contributed by atoms with Crippen molar-refractivity contribution >= 4 is 51.9 Å². The fourth-order valence-electron chi connectivity index (χ4n) is 3.83. The SMILES string of the molecule is CC(=S)NC[C@H]1CN(c2ccc(N3CCN(C(=S)c4cnc(C)cn4)CC3)c(F)c2)C(=O)O1. The number of piperazine rings is 1. The van der Waals surface area contributed by atoms with Gasteiger partial charge >= 0.3 is 6.09 Å². The second-order valence-electron chi connectivity index (χ2n) is 8.01. The molecule has 1 aromatic carbocycles. The van der Waals surface area contributed by atoms with Gasteiger partial charge in [0.1, 0.15) is 22.6 Å². The molecule has 1 aromatic heterocycles. The Labute approximate surface area is 202 Å². The zero-order valence-corrected chi connectivity index (χ0v) is 20.1. The van der Waals surface area contributed by atoms with Gasteiger partial charge in [-0.3, -0.25) is 14.9 Å². The van der Waals surface area contributed by atoms with Crippen molar-refractivity contribution in [3.63, 3.8) is 0 Å². The standard InChI is InChI=1S/C22H25FN6O2S2/c1-14-10-26-19(12-24-14)21(33)28-7-5-27(6-8-28)20-4-3-16(9-18(20)23)29-13-17(31-22(29)30)11-25-15(2)32/h3-4,9-10,12,17H,5-8,11,13H2,1-2H3,(H,25,32)/t17-/m0/s1. The van der Waals surface area contributed by atoms with Crippen molar-refractivity contribution in [2.24, 2.45) is 0 Å². The molecule has 4 rings (SSSR count). The highest BCUT2D eigenvalue weighted by Gasteiger charge is 2.33. The van der Waals surface area contributed by atoms with E-state index in [1.807, 2.05) is 11.8 Å². The number of cyclic esters (lactones) is 1. The monoisotopic (exact) mass is 488 g/mol. The number of aryl methyl sites for hydroxylation is 1. The first kappa shape index (κ1) is 23.2. The Morgan fingerprint density at radius 1 is 1.21 bits per heavy atom. The second kappa shape index (κ2) is 9.92. The smallest absolute Gasteiger partial charge is 0.414 e. The van der Waals surface area contributed by atoms with Gasteiger partial charge in [-0.05, 0) is 32.0 Å². The van der Waals surface area contributed by atoms with Gasteiger partial charge in [0, 0.05) is 32.4 Å². The van der Waals surface area contributed by atoms with Crippen molar-refractivity contribution in [3.05, 3.63) is 47.8 Å². The molecular weight excluding hydrogens is 463 g/mol. The van der Waals surface area contributed by atoms with E-state index in [9.17, 15) is 4.79 Å². The predicted molar refractivity (Wildman–Crippen MR) is 133 cm³/mol. The molecule has 11 heteroatoms. The van der Waals surface area contributed by atoms with Crippen LogP contribution in [0.25, 0.3) is 0 Å². The number of benzene rings is 1. The summed E-state index contributed by atoms with van der Waals surface area (Å²) in [6, 6.07) is 4.85. The Bertz CT molecular complexity index is 1060.